The number of nitrogens with zero attached hydrogens (tertiary/aromatic N) is 1. The number of halogens is 1. The molecule has 1 rings (SSSR count). The van der Waals surface area contributed by atoms with Gasteiger partial charge in [0.05, 0.1) is 17.1 Å². The highest BCUT2D eigenvalue weighted by Crippen LogP contribution is 2.16. The van der Waals surface area contributed by atoms with Crippen molar-refractivity contribution in [1.82, 2.24) is 4.90 Å². The van der Waals surface area contributed by atoms with Gasteiger partial charge in [-0.15, -0.1) is 0 Å². The van der Waals surface area contributed by atoms with Crippen LogP contribution in [-0.4, -0.2) is 49.8 Å². The number of carboxylic acids is 1. The fourth-order valence-corrected chi connectivity index (χ4v) is 3.24. The van der Waals surface area contributed by atoms with E-state index in [9.17, 15) is 13.2 Å². The number of aliphatic carboxylic acids is 1. The highest BCUT2D eigenvalue weighted by atomic mass is 79.9. The first-order valence-corrected chi connectivity index (χ1v) is 8.72. The molecule has 0 saturated carbocycles. The zero-order valence-corrected chi connectivity index (χ0v) is 13.7. The van der Waals surface area contributed by atoms with Gasteiger partial charge in [-0.2, -0.15) is 0 Å². The minimum Gasteiger partial charge on any atom is -0.481 e. The van der Waals surface area contributed by atoms with Gasteiger partial charge >= 0.3 is 5.97 Å². The van der Waals surface area contributed by atoms with E-state index < -0.39 is 15.8 Å². The van der Waals surface area contributed by atoms with Gasteiger partial charge in [-0.3, -0.25) is 4.79 Å². The van der Waals surface area contributed by atoms with Gasteiger partial charge in [-0.25, -0.2) is 8.42 Å². The molecular formula is C13H18BrNO4S. The molecule has 0 heterocycles. The number of carboxylic acid groups (broad SMARTS) is 1. The van der Waals surface area contributed by atoms with Crippen LogP contribution < -0.4 is 0 Å². The quantitative estimate of drug-likeness (QED) is 0.764. The molecular weight excluding hydrogens is 346 g/mol. The maximum absolute atomic E-state index is 12.1. The van der Waals surface area contributed by atoms with Gasteiger partial charge in [0.25, 0.3) is 0 Å². The van der Waals surface area contributed by atoms with E-state index in [4.69, 9.17) is 5.11 Å². The second kappa shape index (κ2) is 7.75. The molecule has 0 atom stereocenters. The topological polar surface area (TPSA) is 74.7 Å². The minimum absolute atomic E-state index is 0.0118. The van der Waals surface area contributed by atoms with Gasteiger partial charge in [-0.05, 0) is 30.8 Å². The molecule has 20 heavy (non-hydrogen) atoms. The smallest absolute Gasteiger partial charge is 0.304 e. The first-order chi connectivity index (χ1) is 9.35. The number of hydrogen-bond donors (Lipinski definition) is 1. The first kappa shape index (κ1) is 17.1. The number of sulfone groups is 1. The number of rotatable bonds is 8. The second-order valence-corrected chi connectivity index (χ2v) is 7.38. The highest BCUT2D eigenvalue weighted by molar-refractivity contribution is 9.10. The van der Waals surface area contributed by atoms with Crippen molar-refractivity contribution in [2.24, 2.45) is 0 Å². The van der Waals surface area contributed by atoms with Crippen molar-refractivity contribution < 1.29 is 18.3 Å². The van der Waals surface area contributed by atoms with E-state index >= 15 is 0 Å². The minimum atomic E-state index is -3.33. The zero-order valence-electron chi connectivity index (χ0n) is 11.3. The SMILES string of the molecule is CCN(CCC(=O)O)CCS(=O)(=O)c1ccc(Br)cc1. The summed E-state index contributed by atoms with van der Waals surface area (Å²) in [7, 11) is -3.33. The molecule has 0 unspecified atom stereocenters. The Labute approximate surface area is 127 Å². The Morgan fingerprint density at radius 1 is 1.25 bits per heavy atom. The van der Waals surface area contributed by atoms with E-state index in [0.717, 1.165) is 4.47 Å². The molecule has 1 aromatic carbocycles. The van der Waals surface area contributed by atoms with Crippen molar-refractivity contribution in [1.29, 1.82) is 0 Å². The van der Waals surface area contributed by atoms with Gasteiger partial charge in [0.1, 0.15) is 0 Å². The van der Waals surface area contributed by atoms with Crippen LogP contribution in [0.2, 0.25) is 0 Å². The number of hydrogen-bond acceptors (Lipinski definition) is 4. The van der Waals surface area contributed by atoms with E-state index in [0.29, 0.717) is 19.6 Å². The van der Waals surface area contributed by atoms with Crippen LogP contribution >= 0.6 is 15.9 Å². The third kappa shape index (κ3) is 5.60. The van der Waals surface area contributed by atoms with Crippen LogP contribution in [0, 0.1) is 0 Å². The fourth-order valence-electron chi connectivity index (χ4n) is 1.69. The van der Waals surface area contributed by atoms with Gasteiger partial charge < -0.3 is 10.0 Å². The van der Waals surface area contributed by atoms with Crippen molar-refractivity contribution in [3.63, 3.8) is 0 Å². The molecule has 1 aromatic rings. The molecule has 0 aliphatic rings. The first-order valence-electron chi connectivity index (χ1n) is 6.27. The van der Waals surface area contributed by atoms with Crippen LogP contribution in [-0.2, 0) is 14.6 Å². The van der Waals surface area contributed by atoms with E-state index in [-0.39, 0.29) is 17.1 Å². The summed E-state index contributed by atoms with van der Waals surface area (Å²) in [6, 6.07) is 6.50. The largest absolute Gasteiger partial charge is 0.481 e. The molecule has 5 nitrogen and oxygen atoms in total. The van der Waals surface area contributed by atoms with E-state index in [1.165, 1.54) is 0 Å². The lowest BCUT2D eigenvalue weighted by Gasteiger charge is -2.19. The lowest BCUT2D eigenvalue weighted by atomic mass is 10.4. The van der Waals surface area contributed by atoms with Crippen LogP contribution in [0.4, 0.5) is 0 Å². The van der Waals surface area contributed by atoms with E-state index in [2.05, 4.69) is 15.9 Å². The van der Waals surface area contributed by atoms with Crippen LogP contribution in [0.5, 0.6) is 0 Å². The Kier molecular flexibility index (Phi) is 6.64. The standard InChI is InChI=1S/C13H18BrNO4S/c1-2-15(8-7-13(16)17)9-10-20(18,19)12-5-3-11(14)4-6-12/h3-6H,2,7-10H2,1H3,(H,16,17). The Morgan fingerprint density at radius 2 is 1.85 bits per heavy atom. The summed E-state index contributed by atoms with van der Waals surface area (Å²) in [4.78, 5) is 12.6. The summed E-state index contributed by atoms with van der Waals surface area (Å²) in [6.45, 7) is 3.21. The Morgan fingerprint density at radius 3 is 2.35 bits per heavy atom. The molecule has 0 fully saturated rings. The number of carbonyl (C=O) groups is 1. The Balaban J connectivity index is 2.62. The summed E-state index contributed by atoms with van der Waals surface area (Å²) >= 11 is 3.26. The molecule has 0 saturated heterocycles. The molecule has 0 amide bonds. The maximum Gasteiger partial charge on any atom is 0.304 e. The van der Waals surface area contributed by atoms with Crippen LogP contribution in [0.1, 0.15) is 13.3 Å². The normalized spacial score (nSPS) is 11.8. The third-order valence-corrected chi connectivity index (χ3v) is 5.18. The molecule has 0 bridgehead atoms. The molecule has 0 aliphatic heterocycles. The molecule has 0 aromatic heterocycles. The fraction of sp³-hybridized carbons (Fsp3) is 0.462. The average molecular weight is 364 g/mol. The Hall–Kier alpha value is -0.920. The lowest BCUT2D eigenvalue weighted by Crippen LogP contribution is -2.31. The summed E-state index contributed by atoms with van der Waals surface area (Å²) in [6.07, 6.45) is 0.0200. The molecule has 0 radical (unpaired) electrons. The predicted molar refractivity (Wildman–Crippen MR) is 80.6 cm³/mol. The highest BCUT2D eigenvalue weighted by Gasteiger charge is 2.16. The van der Waals surface area contributed by atoms with Crippen molar-refractivity contribution in [3.05, 3.63) is 28.7 Å². The molecule has 1 N–H and O–H groups in total. The van der Waals surface area contributed by atoms with Crippen molar-refractivity contribution >= 4 is 31.7 Å². The van der Waals surface area contributed by atoms with Gasteiger partial charge in [0, 0.05) is 17.6 Å². The van der Waals surface area contributed by atoms with Crippen molar-refractivity contribution in [3.8, 4) is 0 Å². The van der Waals surface area contributed by atoms with Crippen LogP contribution in [0.15, 0.2) is 33.6 Å². The third-order valence-electron chi connectivity index (χ3n) is 2.94. The molecule has 0 aliphatic carbocycles. The van der Waals surface area contributed by atoms with E-state index in [1.54, 1.807) is 24.3 Å². The summed E-state index contributed by atoms with van der Waals surface area (Å²) in [5.41, 5.74) is 0. The average Bonchev–Trinajstić information content (AvgIpc) is 2.39. The van der Waals surface area contributed by atoms with Gasteiger partial charge in [0.2, 0.25) is 0 Å². The van der Waals surface area contributed by atoms with Crippen LogP contribution in [0.25, 0.3) is 0 Å². The summed E-state index contributed by atoms with van der Waals surface area (Å²) in [5.74, 6) is -0.888. The summed E-state index contributed by atoms with van der Waals surface area (Å²) < 4.78 is 25.1. The van der Waals surface area contributed by atoms with E-state index in [1.807, 2.05) is 11.8 Å². The molecule has 7 heteroatoms. The van der Waals surface area contributed by atoms with Crippen LogP contribution in [0.3, 0.4) is 0 Å². The second-order valence-electron chi connectivity index (χ2n) is 4.35. The predicted octanol–water partition coefficient (Wildman–Crippen LogP) is 2.02. The molecule has 112 valence electrons. The number of benzene rings is 1. The maximum atomic E-state index is 12.1. The Bertz CT molecular complexity index is 542. The monoisotopic (exact) mass is 363 g/mol. The van der Waals surface area contributed by atoms with Gasteiger partial charge in [-0.1, -0.05) is 22.9 Å². The lowest BCUT2D eigenvalue weighted by molar-refractivity contribution is -0.137. The summed E-state index contributed by atoms with van der Waals surface area (Å²) in [5, 5.41) is 8.64. The zero-order chi connectivity index (χ0) is 15.2. The molecule has 0 spiro atoms. The van der Waals surface area contributed by atoms with Crippen molar-refractivity contribution in [2.45, 2.75) is 18.2 Å². The van der Waals surface area contributed by atoms with Gasteiger partial charge in [0.15, 0.2) is 9.84 Å². The van der Waals surface area contributed by atoms with Crippen molar-refractivity contribution in [2.75, 3.05) is 25.4 Å².